The number of carbonyl (C=O) groups excluding carboxylic acids is 1. The Bertz CT molecular complexity index is 778. The first-order chi connectivity index (χ1) is 13.6. The minimum Gasteiger partial charge on any atom is -0.496 e. The van der Waals surface area contributed by atoms with E-state index in [-0.39, 0.29) is 17.6 Å². The highest BCUT2D eigenvalue weighted by atomic mass is 19.1. The van der Waals surface area contributed by atoms with Crippen LogP contribution in [0.15, 0.2) is 48.5 Å². The fraction of sp³-hybridized carbons (Fsp3) is 0.435. The molecule has 2 aromatic carbocycles. The zero-order valence-corrected chi connectivity index (χ0v) is 16.7. The molecule has 28 heavy (non-hydrogen) atoms. The third kappa shape index (κ3) is 5.24. The van der Waals surface area contributed by atoms with Crippen molar-refractivity contribution >= 4 is 11.6 Å². The largest absolute Gasteiger partial charge is 0.496 e. The second kappa shape index (κ2) is 9.58. The first-order valence-electron chi connectivity index (χ1n) is 9.97. The number of methoxy groups -OCH3 is 1. The Balaban J connectivity index is 1.53. The maximum absolute atomic E-state index is 13.1. The molecular weight excluding hydrogens is 355 g/mol. The first kappa shape index (κ1) is 20.2. The van der Waals surface area contributed by atoms with Crippen LogP contribution >= 0.6 is 0 Å². The van der Waals surface area contributed by atoms with E-state index in [0.717, 1.165) is 49.5 Å². The number of hydrogen-bond donors (Lipinski definition) is 0. The van der Waals surface area contributed by atoms with E-state index < -0.39 is 0 Å². The van der Waals surface area contributed by atoms with Crippen LogP contribution < -0.4 is 9.64 Å². The Morgan fingerprint density at radius 3 is 2.57 bits per heavy atom. The van der Waals surface area contributed by atoms with Gasteiger partial charge in [0.25, 0.3) is 0 Å². The van der Waals surface area contributed by atoms with Gasteiger partial charge in [0.2, 0.25) is 5.91 Å². The molecule has 0 spiro atoms. The molecule has 150 valence electrons. The molecule has 5 heteroatoms. The third-order valence-electron chi connectivity index (χ3n) is 5.32. The summed E-state index contributed by atoms with van der Waals surface area (Å²) in [6.45, 7) is 5.26. The van der Waals surface area contributed by atoms with Crippen LogP contribution in [-0.4, -0.2) is 44.1 Å². The number of ether oxygens (including phenoxy) is 1. The standard InChI is InChI=1S/C23H29FN2O2/c1-18(16-19-6-3-4-7-22(19)28-2)17-23(27)26-13-5-12-25(14-15-26)21-10-8-20(24)9-11-21/h3-4,6-11,18H,5,12-17H2,1-2H3. The Kier molecular flexibility index (Phi) is 6.90. The molecule has 3 rings (SSSR count). The summed E-state index contributed by atoms with van der Waals surface area (Å²) in [5.74, 6) is 1.12. The van der Waals surface area contributed by atoms with Gasteiger partial charge < -0.3 is 14.5 Å². The minimum atomic E-state index is -0.223. The maximum atomic E-state index is 13.1. The molecule has 0 radical (unpaired) electrons. The Morgan fingerprint density at radius 2 is 1.82 bits per heavy atom. The summed E-state index contributed by atoms with van der Waals surface area (Å²) in [6, 6.07) is 14.6. The molecule has 4 nitrogen and oxygen atoms in total. The number of halogens is 1. The number of nitrogens with zero attached hydrogens (tertiary/aromatic N) is 2. The highest BCUT2D eigenvalue weighted by Gasteiger charge is 2.21. The van der Waals surface area contributed by atoms with Crippen LogP contribution in [0.4, 0.5) is 10.1 Å². The van der Waals surface area contributed by atoms with E-state index >= 15 is 0 Å². The molecule has 1 aliphatic rings. The second-order valence-electron chi connectivity index (χ2n) is 7.52. The number of hydrogen-bond acceptors (Lipinski definition) is 3. The number of benzene rings is 2. The van der Waals surface area contributed by atoms with Crippen molar-refractivity contribution < 1.29 is 13.9 Å². The van der Waals surface area contributed by atoms with Gasteiger partial charge >= 0.3 is 0 Å². The van der Waals surface area contributed by atoms with Crippen LogP contribution in [0.25, 0.3) is 0 Å². The molecule has 1 amide bonds. The number of amides is 1. The highest BCUT2D eigenvalue weighted by Crippen LogP contribution is 2.23. The molecule has 2 aromatic rings. The number of para-hydroxylation sites is 1. The summed E-state index contributed by atoms with van der Waals surface area (Å²) in [6.07, 6.45) is 2.28. The van der Waals surface area contributed by atoms with E-state index in [1.807, 2.05) is 35.2 Å². The van der Waals surface area contributed by atoms with Crippen molar-refractivity contribution in [1.82, 2.24) is 4.90 Å². The number of rotatable bonds is 6. The minimum absolute atomic E-state index is 0.211. The monoisotopic (exact) mass is 384 g/mol. The van der Waals surface area contributed by atoms with Crippen LogP contribution in [0.1, 0.15) is 25.3 Å². The van der Waals surface area contributed by atoms with Crippen molar-refractivity contribution in [1.29, 1.82) is 0 Å². The molecular formula is C23H29FN2O2. The highest BCUT2D eigenvalue weighted by molar-refractivity contribution is 5.76. The molecule has 1 heterocycles. The SMILES string of the molecule is COc1ccccc1CC(C)CC(=O)N1CCCN(c2ccc(F)cc2)CC1. The summed E-state index contributed by atoms with van der Waals surface area (Å²) in [4.78, 5) is 17.0. The van der Waals surface area contributed by atoms with Crippen molar-refractivity contribution in [3.63, 3.8) is 0 Å². The Hall–Kier alpha value is -2.56. The predicted molar refractivity (Wildman–Crippen MR) is 110 cm³/mol. The predicted octanol–water partition coefficient (Wildman–Crippen LogP) is 4.14. The lowest BCUT2D eigenvalue weighted by atomic mass is 9.97. The fourth-order valence-electron chi connectivity index (χ4n) is 3.82. The van der Waals surface area contributed by atoms with Gasteiger partial charge in [-0.15, -0.1) is 0 Å². The van der Waals surface area contributed by atoms with Crippen LogP contribution in [0.3, 0.4) is 0 Å². The Labute approximate surface area is 166 Å². The van der Waals surface area contributed by atoms with E-state index in [9.17, 15) is 9.18 Å². The maximum Gasteiger partial charge on any atom is 0.222 e. The molecule has 0 N–H and O–H groups in total. The van der Waals surface area contributed by atoms with E-state index in [0.29, 0.717) is 13.0 Å². The van der Waals surface area contributed by atoms with Crippen molar-refractivity contribution in [3.05, 3.63) is 59.9 Å². The lowest BCUT2D eigenvalue weighted by molar-refractivity contribution is -0.131. The van der Waals surface area contributed by atoms with Crippen molar-refractivity contribution in [2.24, 2.45) is 5.92 Å². The van der Waals surface area contributed by atoms with E-state index in [1.54, 1.807) is 7.11 Å². The van der Waals surface area contributed by atoms with Crippen molar-refractivity contribution in [2.75, 3.05) is 38.2 Å². The summed E-state index contributed by atoms with van der Waals surface area (Å²) in [7, 11) is 1.68. The summed E-state index contributed by atoms with van der Waals surface area (Å²) < 4.78 is 18.6. The van der Waals surface area contributed by atoms with Gasteiger partial charge in [-0.3, -0.25) is 4.79 Å². The van der Waals surface area contributed by atoms with Crippen molar-refractivity contribution in [3.8, 4) is 5.75 Å². The van der Waals surface area contributed by atoms with Gasteiger partial charge in [0.15, 0.2) is 0 Å². The number of carbonyl (C=O) groups is 1. The zero-order valence-electron chi connectivity index (χ0n) is 16.7. The quantitative estimate of drug-likeness (QED) is 0.750. The van der Waals surface area contributed by atoms with Gasteiger partial charge in [0.05, 0.1) is 7.11 Å². The van der Waals surface area contributed by atoms with Crippen LogP contribution in [0, 0.1) is 11.7 Å². The van der Waals surface area contributed by atoms with E-state index in [2.05, 4.69) is 17.9 Å². The van der Waals surface area contributed by atoms with Crippen molar-refractivity contribution in [2.45, 2.75) is 26.2 Å². The first-order valence-corrected chi connectivity index (χ1v) is 9.97. The normalized spacial score (nSPS) is 15.8. The van der Waals surface area contributed by atoms with E-state index in [4.69, 9.17) is 4.74 Å². The molecule has 1 fully saturated rings. The molecule has 1 saturated heterocycles. The second-order valence-corrected chi connectivity index (χ2v) is 7.52. The average molecular weight is 384 g/mol. The smallest absolute Gasteiger partial charge is 0.222 e. The number of anilines is 1. The van der Waals surface area contributed by atoms with Gasteiger partial charge in [-0.2, -0.15) is 0 Å². The summed E-state index contributed by atoms with van der Waals surface area (Å²) >= 11 is 0. The lowest BCUT2D eigenvalue weighted by Gasteiger charge is -2.24. The molecule has 0 aliphatic carbocycles. The van der Waals surface area contributed by atoms with Gasteiger partial charge in [0, 0.05) is 38.3 Å². The Morgan fingerprint density at radius 1 is 1.07 bits per heavy atom. The van der Waals surface area contributed by atoms with Gasteiger partial charge in [0.1, 0.15) is 11.6 Å². The van der Waals surface area contributed by atoms with Gasteiger partial charge in [-0.1, -0.05) is 25.1 Å². The van der Waals surface area contributed by atoms with Gasteiger partial charge in [-0.05, 0) is 54.7 Å². The molecule has 1 unspecified atom stereocenters. The summed E-state index contributed by atoms with van der Waals surface area (Å²) in [5, 5.41) is 0. The molecule has 0 aromatic heterocycles. The molecule has 1 aliphatic heterocycles. The van der Waals surface area contributed by atoms with Gasteiger partial charge in [-0.25, -0.2) is 4.39 Å². The molecule has 0 saturated carbocycles. The lowest BCUT2D eigenvalue weighted by Crippen LogP contribution is -2.36. The average Bonchev–Trinajstić information content (AvgIpc) is 2.95. The molecule has 0 bridgehead atoms. The van der Waals surface area contributed by atoms with Crippen LogP contribution in [0.5, 0.6) is 5.75 Å². The van der Waals surface area contributed by atoms with Crippen LogP contribution in [0.2, 0.25) is 0 Å². The summed E-state index contributed by atoms with van der Waals surface area (Å²) in [5.41, 5.74) is 2.16. The van der Waals surface area contributed by atoms with E-state index in [1.165, 1.54) is 12.1 Å². The third-order valence-corrected chi connectivity index (χ3v) is 5.32. The fourth-order valence-corrected chi connectivity index (χ4v) is 3.82. The topological polar surface area (TPSA) is 32.8 Å². The van der Waals surface area contributed by atoms with Crippen LogP contribution in [-0.2, 0) is 11.2 Å². The zero-order chi connectivity index (χ0) is 19.9. The molecule has 1 atom stereocenters.